The van der Waals surface area contributed by atoms with E-state index in [-0.39, 0.29) is 18.1 Å². The summed E-state index contributed by atoms with van der Waals surface area (Å²) in [7, 11) is 0. The van der Waals surface area contributed by atoms with Crippen molar-refractivity contribution in [3.8, 4) is 0 Å². The van der Waals surface area contributed by atoms with Crippen LogP contribution in [0.1, 0.15) is 30.1 Å². The number of aryl methyl sites for hydroxylation is 3. The Bertz CT molecular complexity index is 765. The number of carbonyl (C=O) groups excluding carboxylic acids is 1. The van der Waals surface area contributed by atoms with Crippen molar-refractivity contribution in [2.75, 3.05) is 18.8 Å². The first-order chi connectivity index (χ1) is 11.3. The molecule has 2 unspecified atom stereocenters. The summed E-state index contributed by atoms with van der Waals surface area (Å²) in [6.45, 7) is 11.5. The number of morpholine rings is 1. The molecular formula is C17H23N3O2S2. The Morgan fingerprint density at radius 1 is 1.25 bits per heavy atom. The Hall–Kier alpha value is -1.18. The Morgan fingerprint density at radius 2 is 1.92 bits per heavy atom. The Kier molecular flexibility index (Phi) is 5.13. The summed E-state index contributed by atoms with van der Waals surface area (Å²) >= 11 is 3.21. The van der Waals surface area contributed by atoms with Gasteiger partial charge in [0.25, 0.3) is 0 Å². The first kappa shape index (κ1) is 17.6. The monoisotopic (exact) mass is 365 g/mol. The minimum atomic E-state index is 0.0949. The van der Waals surface area contributed by atoms with Crippen LogP contribution in [0.15, 0.2) is 5.03 Å². The lowest BCUT2D eigenvalue weighted by Crippen LogP contribution is -2.48. The smallest absolute Gasteiger partial charge is 0.233 e. The number of aromatic nitrogens is 2. The molecule has 1 saturated heterocycles. The maximum absolute atomic E-state index is 12.6. The second-order valence-electron chi connectivity index (χ2n) is 6.38. The van der Waals surface area contributed by atoms with Crippen molar-refractivity contribution in [2.45, 2.75) is 51.9 Å². The molecule has 0 radical (unpaired) electrons. The molecule has 3 rings (SSSR count). The van der Waals surface area contributed by atoms with Crippen LogP contribution >= 0.6 is 23.1 Å². The fourth-order valence-electron chi connectivity index (χ4n) is 3.02. The number of thioether (sulfide) groups is 1. The summed E-state index contributed by atoms with van der Waals surface area (Å²) in [5, 5.41) is 2.02. The van der Waals surface area contributed by atoms with Gasteiger partial charge in [0.2, 0.25) is 5.91 Å². The summed E-state index contributed by atoms with van der Waals surface area (Å²) in [5.74, 6) is 1.31. The highest BCUT2D eigenvalue weighted by atomic mass is 32.2. The summed E-state index contributed by atoms with van der Waals surface area (Å²) < 4.78 is 5.70. The van der Waals surface area contributed by atoms with E-state index in [9.17, 15) is 4.79 Å². The van der Waals surface area contributed by atoms with Crippen molar-refractivity contribution in [3.05, 3.63) is 16.3 Å². The molecule has 0 N–H and O–H groups in total. The number of hydrogen-bond donors (Lipinski definition) is 0. The van der Waals surface area contributed by atoms with Crippen molar-refractivity contribution in [1.82, 2.24) is 14.9 Å². The Balaban J connectivity index is 1.77. The van der Waals surface area contributed by atoms with Crippen LogP contribution in [0, 0.1) is 20.8 Å². The van der Waals surface area contributed by atoms with Gasteiger partial charge in [-0.2, -0.15) is 0 Å². The van der Waals surface area contributed by atoms with Gasteiger partial charge in [0.1, 0.15) is 15.7 Å². The zero-order chi connectivity index (χ0) is 17.4. The number of nitrogens with zero attached hydrogens (tertiary/aromatic N) is 3. The van der Waals surface area contributed by atoms with E-state index >= 15 is 0 Å². The number of fused-ring (bicyclic) bond motifs is 1. The summed E-state index contributed by atoms with van der Waals surface area (Å²) in [6, 6.07) is 0. The molecular weight excluding hydrogens is 342 g/mol. The highest BCUT2D eigenvalue weighted by Crippen LogP contribution is 2.35. The van der Waals surface area contributed by atoms with Crippen LogP contribution in [-0.4, -0.2) is 51.8 Å². The van der Waals surface area contributed by atoms with Gasteiger partial charge in [-0.3, -0.25) is 4.79 Å². The normalized spacial score (nSPS) is 21.5. The van der Waals surface area contributed by atoms with Gasteiger partial charge in [-0.05, 0) is 40.2 Å². The minimum Gasteiger partial charge on any atom is -0.372 e. The highest BCUT2D eigenvalue weighted by Gasteiger charge is 2.26. The zero-order valence-corrected chi connectivity index (χ0v) is 16.4. The second kappa shape index (κ2) is 6.98. The van der Waals surface area contributed by atoms with Gasteiger partial charge >= 0.3 is 0 Å². The maximum atomic E-state index is 12.6. The Morgan fingerprint density at radius 3 is 2.58 bits per heavy atom. The van der Waals surface area contributed by atoms with Crippen molar-refractivity contribution in [1.29, 1.82) is 0 Å². The lowest BCUT2D eigenvalue weighted by molar-refractivity contribution is -0.140. The molecule has 2 aromatic rings. The van der Waals surface area contributed by atoms with Crippen molar-refractivity contribution < 1.29 is 9.53 Å². The number of hydrogen-bond acceptors (Lipinski definition) is 6. The van der Waals surface area contributed by atoms with E-state index in [0.717, 1.165) is 21.1 Å². The van der Waals surface area contributed by atoms with Gasteiger partial charge in [-0.15, -0.1) is 11.3 Å². The first-order valence-corrected chi connectivity index (χ1v) is 9.95. The molecule has 130 valence electrons. The first-order valence-electron chi connectivity index (χ1n) is 8.15. The number of thiophene rings is 1. The molecule has 1 aliphatic rings. The van der Waals surface area contributed by atoms with Crippen LogP contribution < -0.4 is 0 Å². The van der Waals surface area contributed by atoms with Gasteiger partial charge in [-0.1, -0.05) is 11.8 Å². The largest absolute Gasteiger partial charge is 0.372 e. The molecule has 2 aromatic heterocycles. The fraction of sp³-hybridized carbons (Fsp3) is 0.588. The van der Waals surface area contributed by atoms with Gasteiger partial charge in [0.15, 0.2) is 0 Å². The topological polar surface area (TPSA) is 55.3 Å². The molecule has 1 aliphatic heterocycles. The van der Waals surface area contributed by atoms with E-state index in [1.807, 2.05) is 25.7 Å². The molecule has 7 heteroatoms. The third kappa shape index (κ3) is 3.58. The van der Waals surface area contributed by atoms with Crippen LogP contribution in [0.2, 0.25) is 0 Å². The molecule has 0 aliphatic carbocycles. The average molecular weight is 366 g/mol. The van der Waals surface area contributed by atoms with E-state index in [2.05, 4.69) is 23.8 Å². The van der Waals surface area contributed by atoms with Crippen LogP contribution in [0.4, 0.5) is 0 Å². The summed E-state index contributed by atoms with van der Waals surface area (Å²) in [4.78, 5) is 25.9. The van der Waals surface area contributed by atoms with E-state index in [0.29, 0.717) is 18.8 Å². The number of amides is 1. The van der Waals surface area contributed by atoms with E-state index in [4.69, 9.17) is 4.74 Å². The quantitative estimate of drug-likeness (QED) is 0.617. The second-order valence-corrected chi connectivity index (χ2v) is 8.55. The van der Waals surface area contributed by atoms with Gasteiger partial charge < -0.3 is 9.64 Å². The molecule has 0 spiro atoms. The SMILES string of the molecule is Cc1nc(SCC(=O)N2CC(C)OC(C)C2)c2c(C)c(C)sc2n1. The standard InChI is InChI=1S/C17H23N3O2S2/c1-9-6-20(7-10(2)22-9)14(21)8-23-16-15-11(3)12(4)24-17(15)19-13(5)18-16/h9-10H,6-8H2,1-5H3. The molecule has 0 aromatic carbocycles. The number of carbonyl (C=O) groups is 1. The molecule has 3 heterocycles. The highest BCUT2D eigenvalue weighted by molar-refractivity contribution is 8.00. The van der Waals surface area contributed by atoms with Crippen molar-refractivity contribution in [3.63, 3.8) is 0 Å². The van der Waals surface area contributed by atoms with Gasteiger partial charge in [0.05, 0.1) is 18.0 Å². The predicted molar refractivity (Wildman–Crippen MR) is 98.9 cm³/mol. The fourth-order valence-corrected chi connectivity index (χ4v) is 5.19. The molecule has 1 fully saturated rings. The van der Waals surface area contributed by atoms with Crippen LogP contribution in [-0.2, 0) is 9.53 Å². The Labute approximate surface area is 150 Å². The lowest BCUT2D eigenvalue weighted by atomic mass is 10.2. The third-order valence-electron chi connectivity index (χ3n) is 4.21. The molecule has 5 nitrogen and oxygen atoms in total. The van der Waals surface area contributed by atoms with Crippen LogP contribution in [0.25, 0.3) is 10.2 Å². The third-order valence-corrected chi connectivity index (χ3v) is 6.27. The van der Waals surface area contributed by atoms with E-state index in [1.54, 1.807) is 11.3 Å². The number of rotatable bonds is 3. The molecule has 1 amide bonds. The van der Waals surface area contributed by atoms with E-state index < -0.39 is 0 Å². The molecule has 2 atom stereocenters. The molecule has 0 saturated carbocycles. The lowest BCUT2D eigenvalue weighted by Gasteiger charge is -2.35. The van der Waals surface area contributed by atoms with Crippen LogP contribution in [0.3, 0.4) is 0 Å². The van der Waals surface area contributed by atoms with Gasteiger partial charge in [0, 0.05) is 23.4 Å². The van der Waals surface area contributed by atoms with Crippen molar-refractivity contribution in [2.24, 2.45) is 0 Å². The number of ether oxygens (including phenoxy) is 1. The average Bonchev–Trinajstić information content (AvgIpc) is 2.78. The minimum absolute atomic E-state index is 0.0949. The predicted octanol–water partition coefficient (Wildman–Crippen LogP) is 3.34. The van der Waals surface area contributed by atoms with Crippen molar-refractivity contribution >= 4 is 39.2 Å². The maximum Gasteiger partial charge on any atom is 0.233 e. The molecule has 24 heavy (non-hydrogen) atoms. The van der Waals surface area contributed by atoms with Gasteiger partial charge in [-0.25, -0.2) is 9.97 Å². The zero-order valence-electron chi connectivity index (χ0n) is 14.8. The van der Waals surface area contributed by atoms with E-state index in [1.165, 1.54) is 22.2 Å². The van der Waals surface area contributed by atoms with Crippen LogP contribution in [0.5, 0.6) is 0 Å². The summed E-state index contributed by atoms with van der Waals surface area (Å²) in [6.07, 6.45) is 0.190. The summed E-state index contributed by atoms with van der Waals surface area (Å²) in [5.41, 5.74) is 1.22. The molecule has 0 bridgehead atoms.